The van der Waals surface area contributed by atoms with Crippen LogP contribution in [0.3, 0.4) is 0 Å². The summed E-state index contributed by atoms with van der Waals surface area (Å²) in [5.74, 6) is -0.174. The molecule has 1 unspecified atom stereocenters. The smallest absolute Gasteiger partial charge is 0.123 e. The lowest BCUT2D eigenvalue weighted by Crippen LogP contribution is -2.19. The third-order valence-corrected chi connectivity index (χ3v) is 4.54. The van der Waals surface area contributed by atoms with E-state index < -0.39 is 0 Å². The summed E-state index contributed by atoms with van der Waals surface area (Å²) >= 11 is 1.76. The lowest BCUT2D eigenvalue weighted by molar-refractivity contribution is 0.588. The van der Waals surface area contributed by atoms with Crippen molar-refractivity contribution in [3.63, 3.8) is 0 Å². The molecule has 0 saturated heterocycles. The Bertz CT molecular complexity index is 720. The normalized spacial score (nSPS) is 12.7. The molecule has 1 heterocycles. The Labute approximate surface area is 122 Å². The Balaban J connectivity index is 1.95. The van der Waals surface area contributed by atoms with Crippen LogP contribution in [-0.4, -0.2) is 7.05 Å². The first-order valence-electron chi connectivity index (χ1n) is 6.66. The first-order chi connectivity index (χ1) is 9.78. The van der Waals surface area contributed by atoms with E-state index in [-0.39, 0.29) is 11.9 Å². The predicted molar refractivity (Wildman–Crippen MR) is 83.7 cm³/mol. The van der Waals surface area contributed by atoms with Crippen molar-refractivity contribution in [1.29, 1.82) is 0 Å². The number of nitrogens with one attached hydrogen (secondary N) is 1. The van der Waals surface area contributed by atoms with Crippen molar-refractivity contribution >= 4 is 21.4 Å². The van der Waals surface area contributed by atoms with Crippen LogP contribution in [0.1, 0.15) is 17.2 Å². The van der Waals surface area contributed by atoms with Gasteiger partial charge in [0, 0.05) is 10.7 Å². The maximum absolute atomic E-state index is 13.3. The van der Waals surface area contributed by atoms with Gasteiger partial charge < -0.3 is 5.32 Å². The maximum atomic E-state index is 13.3. The number of hydrogen-bond acceptors (Lipinski definition) is 2. The van der Waals surface area contributed by atoms with E-state index in [1.807, 2.05) is 13.1 Å². The van der Waals surface area contributed by atoms with E-state index in [1.165, 1.54) is 21.7 Å². The lowest BCUT2D eigenvalue weighted by Gasteiger charge is -2.17. The molecule has 20 heavy (non-hydrogen) atoms. The predicted octanol–water partition coefficient (Wildman–Crippen LogP) is 4.54. The Morgan fingerprint density at radius 3 is 2.80 bits per heavy atom. The molecule has 0 fully saturated rings. The largest absolute Gasteiger partial charge is 0.313 e. The molecular formula is C17H16FNS. The highest BCUT2D eigenvalue weighted by atomic mass is 32.1. The molecule has 0 saturated carbocycles. The number of thiophene rings is 1. The standard InChI is InChI=1S/C17H16FNS/c1-19-16(11-12-4-2-6-14(18)10-12)15-7-3-5-13-8-9-20-17(13)15/h2-10,16,19H,11H2,1H3. The minimum absolute atomic E-state index is 0.174. The van der Waals surface area contributed by atoms with Gasteiger partial charge in [-0.1, -0.05) is 30.3 Å². The van der Waals surface area contributed by atoms with Gasteiger partial charge in [-0.2, -0.15) is 0 Å². The summed E-state index contributed by atoms with van der Waals surface area (Å²) in [7, 11) is 1.95. The van der Waals surface area contributed by atoms with E-state index in [4.69, 9.17) is 0 Å². The fourth-order valence-corrected chi connectivity index (χ4v) is 3.53. The molecule has 0 spiro atoms. The van der Waals surface area contributed by atoms with E-state index in [0.717, 1.165) is 12.0 Å². The molecule has 0 radical (unpaired) electrons. The number of hydrogen-bond donors (Lipinski definition) is 1. The van der Waals surface area contributed by atoms with Crippen LogP contribution >= 0.6 is 11.3 Å². The van der Waals surface area contributed by atoms with Gasteiger partial charge in [0.05, 0.1) is 0 Å². The molecule has 0 aliphatic heterocycles. The van der Waals surface area contributed by atoms with Crippen LogP contribution in [0.25, 0.3) is 10.1 Å². The van der Waals surface area contributed by atoms with Crippen molar-refractivity contribution in [3.8, 4) is 0 Å². The van der Waals surface area contributed by atoms with E-state index in [1.54, 1.807) is 23.5 Å². The Morgan fingerprint density at radius 2 is 2.00 bits per heavy atom. The molecule has 3 heteroatoms. The Morgan fingerprint density at radius 1 is 1.15 bits per heavy atom. The van der Waals surface area contributed by atoms with Crippen molar-refractivity contribution in [3.05, 3.63) is 70.9 Å². The SMILES string of the molecule is CNC(Cc1cccc(F)c1)c1cccc2ccsc12. The van der Waals surface area contributed by atoms with Gasteiger partial charge in [-0.15, -0.1) is 11.3 Å². The molecule has 0 aliphatic rings. The van der Waals surface area contributed by atoms with Gasteiger partial charge in [0.1, 0.15) is 5.82 Å². The first-order valence-corrected chi connectivity index (χ1v) is 7.54. The molecule has 0 amide bonds. The number of benzene rings is 2. The fourth-order valence-electron chi connectivity index (χ4n) is 2.56. The van der Waals surface area contributed by atoms with Gasteiger partial charge in [0.15, 0.2) is 0 Å². The van der Waals surface area contributed by atoms with Gasteiger partial charge >= 0.3 is 0 Å². The monoisotopic (exact) mass is 285 g/mol. The average Bonchev–Trinajstić information content (AvgIpc) is 2.93. The molecule has 3 aromatic rings. The summed E-state index contributed by atoms with van der Waals surface area (Å²) in [6, 6.07) is 15.5. The van der Waals surface area contributed by atoms with E-state index in [0.29, 0.717) is 0 Å². The summed E-state index contributed by atoms with van der Waals surface area (Å²) in [5, 5.41) is 6.74. The summed E-state index contributed by atoms with van der Waals surface area (Å²) in [6.45, 7) is 0. The van der Waals surface area contributed by atoms with Crippen LogP contribution < -0.4 is 5.32 Å². The van der Waals surface area contributed by atoms with Crippen LogP contribution in [0.5, 0.6) is 0 Å². The molecular weight excluding hydrogens is 269 g/mol. The third kappa shape index (κ3) is 2.60. The summed E-state index contributed by atoms with van der Waals surface area (Å²) < 4.78 is 14.6. The molecule has 1 N–H and O–H groups in total. The van der Waals surface area contributed by atoms with Crippen LogP contribution in [0.4, 0.5) is 4.39 Å². The molecule has 1 aromatic heterocycles. The minimum atomic E-state index is -0.174. The number of rotatable bonds is 4. The van der Waals surface area contributed by atoms with Crippen molar-refractivity contribution in [2.45, 2.75) is 12.5 Å². The van der Waals surface area contributed by atoms with Crippen molar-refractivity contribution < 1.29 is 4.39 Å². The quantitative estimate of drug-likeness (QED) is 0.742. The van der Waals surface area contributed by atoms with Crippen LogP contribution in [0.2, 0.25) is 0 Å². The number of fused-ring (bicyclic) bond motifs is 1. The van der Waals surface area contributed by atoms with E-state index >= 15 is 0 Å². The summed E-state index contributed by atoms with van der Waals surface area (Å²) in [4.78, 5) is 0. The van der Waals surface area contributed by atoms with Crippen molar-refractivity contribution in [1.82, 2.24) is 5.32 Å². The summed E-state index contributed by atoms with van der Waals surface area (Å²) in [6.07, 6.45) is 0.783. The maximum Gasteiger partial charge on any atom is 0.123 e. The van der Waals surface area contributed by atoms with Crippen LogP contribution in [-0.2, 0) is 6.42 Å². The van der Waals surface area contributed by atoms with Gasteiger partial charge in [0.2, 0.25) is 0 Å². The topological polar surface area (TPSA) is 12.0 Å². The second-order valence-corrected chi connectivity index (χ2v) is 5.78. The van der Waals surface area contributed by atoms with Gasteiger partial charge in [0.25, 0.3) is 0 Å². The third-order valence-electron chi connectivity index (χ3n) is 3.56. The Kier molecular flexibility index (Phi) is 3.81. The molecule has 3 rings (SSSR count). The second-order valence-electron chi connectivity index (χ2n) is 4.86. The van der Waals surface area contributed by atoms with Gasteiger partial charge in [-0.25, -0.2) is 4.39 Å². The summed E-state index contributed by atoms with van der Waals surface area (Å²) in [5.41, 5.74) is 2.29. The highest BCUT2D eigenvalue weighted by Gasteiger charge is 2.14. The zero-order chi connectivity index (χ0) is 13.9. The van der Waals surface area contributed by atoms with Crippen molar-refractivity contribution in [2.24, 2.45) is 0 Å². The zero-order valence-electron chi connectivity index (χ0n) is 11.3. The highest BCUT2D eigenvalue weighted by molar-refractivity contribution is 7.17. The number of likely N-dealkylation sites (N-methyl/N-ethyl adjacent to an activating group) is 1. The average molecular weight is 285 g/mol. The first kappa shape index (κ1) is 13.3. The molecule has 1 nitrogen and oxygen atoms in total. The fraction of sp³-hybridized carbons (Fsp3) is 0.176. The van der Waals surface area contributed by atoms with Crippen molar-refractivity contribution in [2.75, 3.05) is 7.05 Å². The van der Waals surface area contributed by atoms with Crippen LogP contribution in [0.15, 0.2) is 53.9 Å². The van der Waals surface area contributed by atoms with E-state index in [9.17, 15) is 4.39 Å². The van der Waals surface area contributed by atoms with Gasteiger partial charge in [-0.05, 0) is 53.6 Å². The number of halogens is 1. The Hall–Kier alpha value is -1.71. The molecule has 1 atom stereocenters. The van der Waals surface area contributed by atoms with E-state index in [2.05, 4.69) is 35.0 Å². The van der Waals surface area contributed by atoms with Crippen LogP contribution in [0, 0.1) is 5.82 Å². The highest BCUT2D eigenvalue weighted by Crippen LogP contribution is 2.30. The van der Waals surface area contributed by atoms with Gasteiger partial charge in [-0.3, -0.25) is 0 Å². The minimum Gasteiger partial charge on any atom is -0.313 e. The molecule has 0 bridgehead atoms. The molecule has 2 aromatic carbocycles. The lowest BCUT2D eigenvalue weighted by atomic mass is 9.98. The zero-order valence-corrected chi connectivity index (χ0v) is 12.1. The second kappa shape index (κ2) is 5.73. The molecule has 102 valence electrons. The molecule has 0 aliphatic carbocycles.